The van der Waals surface area contributed by atoms with Crippen LogP contribution in [0.5, 0.6) is 0 Å². The second-order valence-corrected chi connectivity index (χ2v) is 6.75. The van der Waals surface area contributed by atoms with Crippen molar-refractivity contribution in [2.24, 2.45) is 0 Å². The number of hydrogen-bond acceptors (Lipinski definition) is 0. The number of rotatable bonds is 12. The lowest BCUT2D eigenvalue weighted by molar-refractivity contribution is 0.566. The second kappa shape index (κ2) is 13.0. The van der Waals surface area contributed by atoms with E-state index >= 15 is 0 Å². The monoisotopic (exact) mass is 322 g/mol. The first kappa shape index (κ1) is 17.5. The number of alkyl halides is 2. The molecule has 0 rings (SSSR count). The first-order valence-corrected chi connectivity index (χ1v) is 8.45. The van der Waals surface area contributed by atoms with Crippen molar-refractivity contribution in [3.8, 4) is 0 Å². The summed E-state index contributed by atoms with van der Waals surface area (Å²) in [4.78, 5) is 0.719. The number of halogens is 2. The van der Waals surface area contributed by atoms with E-state index in [0.717, 1.165) is 24.1 Å². The molecule has 0 spiro atoms. The number of unbranched alkanes of at least 4 members (excludes halogenated alkanes) is 3. The van der Waals surface area contributed by atoms with Gasteiger partial charge >= 0.3 is 0 Å². The van der Waals surface area contributed by atoms with Gasteiger partial charge in [-0.1, -0.05) is 61.0 Å². The van der Waals surface area contributed by atoms with Gasteiger partial charge in [-0.25, -0.2) is 0 Å². The summed E-state index contributed by atoms with van der Waals surface area (Å²) < 4.78 is 0. The SMILES string of the molecule is C=CCCC(Cl)CCCCC(Br)CCCCC. The minimum atomic E-state index is 0.349. The lowest BCUT2D eigenvalue weighted by Gasteiger charge is -2.10. The van der Waals surface area contributed by atoms with Crippen molar-refractivity contribution in [1.29, 1.82) is 0 Å². The Bertz CT molecular complexity index is 170. The number of hydrogen-bond donors (Lipinski definition) is 0. The molecule has 0 N–H and O–H groups in total. The van der Waals surface area contributed by atoms with E-state index < -0.39 is 0 Å². The second-order valence-electron chi connectivity index (χ2n) is 4.84. The van der Waals surface area contributed by atoms with E-state index in [1.54, 1.807) is 0 Å². The fraction of sp³-hybridized carbons (Fsp3) is 0.867. The van der Waals surface area contributed by atoms with Crippen molar-refractivity contribution in [2.45, 2.75) is 81.3 Å². The zero-order valence-electron chi connectivity index (χ0n) is 11.3. The highest BCUT2D eigenvalue weighted by molar-refractivity contribution is 9.09. The molecule has 102 valence electrons. The fourth-order valence-corrected chi connectivity index (χ4v) is 2.86. The first-order chi connectivity index (χ1) is 8.20. The van der Waals surface area contributed by atoms with Gasteiger partial charge in [0.15, 0.2) is 0 Å². The van der Waals surface area contributed by atoms with Crippen molar-refractivity contribution in [1.82, 2.24) is 0 Å². The molecule has 0 aliphatic carbocycles. The molecule has 0 bridgehead atoms. The fourth-order valence-electron chi connectivity index (χ4n) is 1.93. The van der Waals surface area contributed by atoms with E-state index in [1.807, 2.05) is 6.08 Å². The molecule has 0 aromatic heterocycles. The summed E-state index contributed by atoms with van der Waals surface area (Å²) in [6.07, 6.45) is 14.5. The average molecular weight is 324 g/mol. The van der Waals surface area contributed by atoms with Crippen molar-refractivity contribution < 1.29 is 0 Å². The van der Waals surface area contributed by atoms with Crippen molar-refractivity contribution in [2.75, 3.05) is 0 Å². The molecule has 0 saturated heterocycles. The molecule has 2 heteroatoms. The maximum absolute atomic E-state index is 6.22. The van der Waals surface area contributed by atoms with Gasteiger partial charge in [0.2, 0.25) is 0 Å². The van der Waals surface area contributed by atoms with Gasteiger partial charge in [0.05, 0.1) is 0 Å². The minimum Gasteiger partial charge on any atom is -0.123 e. The van der Waals surface area contributed by atoms with Crippen LogP contribution in [0.2, 0.25) is 0 Å². The molecule has 2 unspecified atom stereocenters. The van der Waals surface area contributed by atoms with Crippen LogP contribution in [0.3, 0.4) is 0 Å². The van der Waals surface area contributed by atoms with Gasteiger partial charge in [-0.15, -0.1) is 18.2 Å². The Morgan fingerprint density at radius 1 is 1.06 bits per heavy atom. The van der Waals surface area contributed by atoms with E-state index in [1.165, 1.54) is 44.9 Å². The van der Waals surface area contributed by atoms with Crippen LogP contribution in [0, 0.1) is 0 Å². The Labute approximate surface area is 121 Å². The van der Waals surface area contributed by atoms with Crippen LogP contribution in [0.4, 0.5) is 0 Å². The normalized spacial score (nSPS) is 14.5. The maximum Gasteiger partial charge on any atom is 0.0339 e. The lowest BCUT2D eigenvalue weighted by Crippen LogP contribution is -2.01. The zero-order chi connectivity index (χ0) is 12.9. The van der Waals surface area contributed by atoms with Crippen molar-refractivity contribution in [3.63, 3.8) is 0 Å². The highest BCUT2D eigenvalue weighted by Gasteiger charge is 2.06. The van der Waals surface area contributed by atoms with Gasteiger partial charge in [0.25, 0.3) is 0 Å². The summed E-state index contributed by atoms with van der Waals surface area (Å²) in [6.45, 7) is 5.98. The van der Waals surface area contributed by atoms with Crippen LogP contribution in [0.1, 0.15) is 71.1 Å². The maximum atomic E-state index is 6.22. The van der Waals surface area contributed by atoms with Gasteiger partial charge < -0.3 is 0 Å². The molecule has 0 aromatic carbocycles. The van der Waals surface area contributed by atoms with Crippen LogP contribution in [0.25, 0.3) is 0 Å². The Morgan fingerprint density at radius 3 is 2.24 bits per heavy atom. The molecule has 2 atom stereocenters. The van der Waals surface area contributed by atoms with E-state index in [0.29, 0.717) is 5.38 Å². The largest absolute Gasteiger partial charge is 0.123 e. The quantitative estimate of drug-likeness (QED) is 0.219. The molecule has 0 aliphatic rings. The minimum absolute atomic E-state index is 0.349. The van der Waals surface area contributed by atoms with Crippen LogP contribution in [0.15, 0.2) is 12.7 Å². The Hall–Kier alpha value is 0.510. The molecule has 0 radical (unpaired) electrons. The number of allylic oxidation sites excluding steroid dienone is 1. The molecule has 0 heterocycles. The summed E-state index contributed by atoms with van der Waals surface area (Å²) in [5.74, 6) is 0. The summed E-state index contributed by atoms with van der Waals surface area (Å²) in [6, 6.07) is 0. The summed E-state index contributed by atoms with van der Waals surface area (Å²) >= 11 is 9.99. The van der Waals surface area contributed by atoms with Crippen molar-refractivity contribution >= 4 is 27.5 Å². The van der Waals surface area contributed by atoms with Gasteiger partial charge in [-0.05, 0) is 32.1 Å². The summed E-state index contributed by atoms with van der Waals surface area (Å²) in [7, 11) is 0. The zero-order valence-corrected chi connectivity index (χ0v) is 13.6. The molecule has 0 amide bonds. The van der Waals surface area contributed by atoms with Gasteiger partial charge in [-0.2, -0.15) is 0 Å². The van der Waals surface area contributed by atoms with Gasteiger partial charge in [0, 0.05) is 10.2 Å². The van der Waals surface area contributed by atoms with Crippen LogP contribution in [-0.2, 0) is 0 Å². The summed E-state index contributed by atoms with van der Waals surface area (Å²) in [5, 5.41) is 0.349. The van der Waals surface area contributed by atoms with Crippen molar-refractivity contribution in [3.05, 3.63) is 12.7 Å². The van der Waals surface area contributed by atoms with Crippen LogP contribution in [-0.4, -0.2) is 10.2 Å². The van der Waals surface area contributed by atoms with Crippen LogP contribution >= 0.6 is 27.5 Å². The topological polar surface area (TPSA) is 0 Å². The molecule has 0 nitrogen and oxygen atoms in total. The van der Waals surface area contributed by atoms with E-state index in [-0.39, 0.29) is 0 Å². The van der Waals surface area contributed by atoms with Crippen LogP contribution < -0.4 is 0 Å². The smallest absolute Gasteiger partial charge is 0.0339 e. The van der Waals surface area contributed by atoms with Gasteiger partial charge in [-0.3, -0.25) is 0 Å². The third-order valence-corrected chi connectivity index (χ3v) is 4.44. The predicted molar refractivity (Wildman–Crippen MR) is 84.4 cm³/mol. The molecule has 17 heavy (non-hydrogen) atoms. The third-order valence-electron chi connectivity index (χ3n) is 3.09. The van der Waals surface area contributed by atoms with E-state index in [4.69, 9.17) is 11.6 Å². The highest BCUT2D eigenvalue weighted by Crippen LogP contribution is 2.20. The molecular formula is C15H28BrCl. The summed E-state index contributed by atoms with van der Waals surface area (Å²) in [5.41, 5.74) is 0. The lowest BCUT2D eigenvalue weighted by atomic mass is 10.0. The molecular weight excluding hydrogens is 296 g/mol. The predicted octanol–water partition coefficient (Wildman–Crippen LogP) is 6.46. The Balaban J connectivity index is 3.28. The molecule has 0 aliphatic heterocycles. The van der Waals surface area contributed by atoms with E-state index in [9.17, 15) is 0 Å². The standard InChI is InChI=1S/C15H28BrCl/c1-3-5-7-10-14(16)11-8-9-13-15(17)12-6-4-2/h4,14-15H,2-3,5-13H2,1H3. The highest BCUT2D eigenvalue weighted by atomic mass is 79.9. The molecule has 0 fully saturated rings. The molecule has 0 saturated carbocycles. The van der Waals surface area contributed by atoms with E-state index in [2.05, 4.69) is 29.4 Å². The third kappa shape index (κ3) is 12.8. The molecule has 0 aromatic rings. The van der Waals surface area contributed by atoms with Gasteiger partial charge in [0.1, 0.15) is 0 Å². The first-order valence-electron chi connectivity index (χ1n) is 7.09. The Kier molecular flexibility index (Phi) is 13.3. The average Bonchev–Trinajstić information content (AvgIpc) is 2.32. The Morgan fingerprint density at radius 2 is 1.65 bits per heavy atom.